The van der Waals surface area contributed by atoms with Gasteiger partial charge in [-0.2, -0.15) is 13.2 Å². The summed E-state index contributed by atoms with van der Waals surface area (Å²) in [6.07, 6.45) is -5.18. The third-order valence-electron chi connectivity index (χ3n) is 4.68. The van der Waals surface area contributed by atoms with Gasteiger partial charge in [0.05, 0.1) is 5.71 Å². The van der Waals surface area contributed by atoms with Gasteiger partial charge in [-0.1, -0.05) is 35.0 Å². The van der Waals surface area contributed by atoms with E-state index >= 15 is 0 Å². The number of nitrogens with zero attached hydrogens (tertiary/aromatic N) is 1. The van der Waals surface area contributed by atoms with E-state index in [-0.39, 0.29) is 23.1 Å². The van der Waals surface area contributed by atoms with E-state index in [0.717, 1.165) is 0 Å². The fraction of sp³-hybridized carbons (Fsp3) is 0.300. The van der Waals surface area contributed by atoms with Crippen LogP contribution in [-0.2, 0) is 10.4 Å². The van der Waals surface area contributed by atoms with Gasteiger partial charge in [-0.3, -0.25) is 4.79 Å². The van der Waals surface area contributed by atoms with Gasteiger partial charge in [-0.25, -0.2) is 0 Å². The van der Waals surface area contributed by atoms with Crippen LogP contribution in [0.5, 0.6) is 0 Å². The van der Waals surface area contributed by atoms with Gasteiger partial charge in [0.15, 0.2) is 0 Å². The Morgan fingerprint density at radius 1 is 1.24 bits per heavy atom. The number of nitrogens with one attached hydrogen (secondary N) is 1. The first-order valence-corrected chi connectivity index (χ1v) is 9.62. The number of oxime groups is 1. The van der Waals surface area contributed by atoms with Crippen LogP contribution in [-0.4, -0.2) is 30.2 Å². The number of hydrogen-bond acceptors (Lipinski definition) is 3. The molecule has 0 spiro atoms. The van der Waals surface area contributed by atoms with Crippen molar-refractivity contribution in [3.63, 3.8) is 0 Å². The SMILES string of the molecule is Cc1cc(C2=NOC(c3ccc(Cl)cc3)(C(F)(F)F)C2)ccc1C(=O)NCCCl. The summed E-state index contributed by atoms with van der Waals surface area (Å²) in [5, 5.41) is 6.71. The summed E-state index contributed by atoms with van der Waals surface area (Å²) in [6.45, 7) is 2.02. The molecule has 3 rings (SSSR count). The summed E-state index contributed by atoms with van der Waals surface area (Å²) in [5.41, 5.74) is -1.05. The summed E-state index contributed by atoms with van der Waals surface area (Å²) in [6, 6.07) is 10.0. The molecule has 0 aliphatic carbocycles. The largest absolute Gasteiger partial charge is 0.435 e. The van der Waals surface area contributed by atoms with Crippen molar-refractivity contribution in [1.29, 1.82) is 0 Å². The lowest BCUT2D eigenvalue weighted by molar-refractivity contribution is -0.275. The Labute approximate surface area is 175 Å². The molecule has 1 unspecified atom stereocenters. The molecule has 154 valence electrons. The van der Waals surface area contributed by atoms with Crippen molar-refractivity contribution in [2.75, 3.05) is 12.4 Å². The number of rotatable bonds is 5. The average molecular weight is 445 g/mol. The summed E-state index contributed by atoms with van der Waals surface area (Å²) < 4.78 is 41.9. The highest BCUT2D eigenvalue weighted by molar-refractivity contribution is 6.30. The Balaban J connectivity index is 1.89. The van der Waals surface area contributed by atoms with Gasteiger partial charge in [0.1, 0.15) is 0 Å². The third-order valence-corrected chi connectivity index (χ3v) is 5.12. The number of carbonyl (C=O) groups is 1. The number of aryl methyl sites for hydroxylation is 1. The van der Waals surface area contributed by atoms with Gasteiger partial charge in [0.2, 0.25) is 0 Å². The van der Waals surface area contributed by atoms with Crippen molar-refractivity contribution in [2.45, 2.75) is 25.1 Å². The predicted octanol–water partition coefficient (Wildman–Crippen LogP) is 5.20. The van der Waals surface area contributed by atoms with Crippen LogP contribution in [0.25, 0.3) is 0 Å². The van der Waals surface area contributed by atoms with Crippen LogP contribution in [0.3, 0.4) is 0 Å². The standard InChI is InChI=1S/C20H17Cl2F3N2O2/c1-12-10-13(2-7-16(12)18(28)26-9-8-21)17-11-19(29-27-17,20(23,24)25)14-3-5-15(22)6-4-14/h2-7,10H,8-9,11H2,1H3,(H,26,28). The first kappa shape index (κ1) is 21.5. The number of amides is 1. The number of hydrogen-bond donors (Lipinski definition) is 1. The monoisotopic (exact) mass is 444 g/mol. The normalized spacial score (nSPS) is 18.9. The number of benzene rings is 2. The first-order valence-electron chi connectivity index (χ1n) is 8.71. The Bertz CT molecular complexity index is 946. The van der Waals surface area contributed by atoms with Gasteiger partial charge >= 0.3 is 6.18 Å². The Morgan fingerprint density at radius 3 is 2.52 bits per heavy atom. The number of carbonyl (C=O) groups excluding carboxylic acids is 1. The van der Waals surface area contributed by atoms with E-state index in [1.165, 1.54) is 24.3 Å². The zero-order valence-corrected chi connectivity index (χ0v) is 16.8. The van der Waals surface area contributed by atoms with Crippen molar-refractivity contribution in [3.05, 3.63) is 69.7 Å². The lowest BCUT2D eigenvalue weighted by Crippen LogP contribution is -2.42. The molecule has 4 nitrogen and oxygen atoms in total. The molecule has 1 atom stereocenters. The molecule has 0 saturated carbocycles. The van der Waals surface area contributed by atoms with Crippen molar-refractivity contribution in [2.24, 2.45) is 5.16 Å². The van der Waals surface area contributed by atoms with Gasteiger partial charge in [-0.05, 0) is 42.3 Å². The molecule has 1 aliphatic rings. The molecular formula is C20H17Cl2F3N2O2. The molecule has 9 heteroatoms. The summed E-state index contributed by atoms with van der Waals surface area (Å²) in [4.78, 5) is 17.1. The second-order valence-electron chi connectivity index (χ2n) is 6.61. The van der Waals surface area contributed by atoms with Gasteiger partial charge in [0.25, 0.3) is 11.5 Å². The topological polar surface area (TPSA) is 50.7 Å². The van der Waals surface area contributed by atoms with E-state index in [2.05, 4.69) is 10.5 Å². The van der Waals surface area contributed by atoms with Gasteiger partial charge < -0.3 is 10.2 Å². The van der Waals surface area contributed by atoms with Crippen molar-refractivity contribution in [3.8, 4) is 0 Å². The van der Waals surface area contributed by atoms with Gasteiger partial charge in [-0.15, -0.1) is 11.6 Å². The highest BCUT2D eigenvalue weighted by Crippen LogP contribution is 2.48. The van der Waals surface area contributed by atoms with E-state index in [9.17, 15) is 18.0 Å². The second kappa shape index (κ2) is 8.24. The molecule has 1 heterocycles. The fourth-order valence-electron chi connectivity index (χ4n) is 3.13. The number of alkyl halides is 4. The Morgan fingerprint density at radius 2 is 1.93 bits per heavy atom. The van der Waals surface area contributed by atoms with E-state index < -0.39 is 18.2 Å². The highest BCUT2D eigenvalue weighted by atomic mass is 35.5. The third kappa shape index (κ3) is 4.21. The highest BCUT2D eigenvalue weighted by Gasteiger charge is 2.62. The van der Waals surface area contributed by atoms with Crippen LogP contribution in [0.2, 0.25) is 5.02 Å². The lowest BCUT2D eigenvalue weighted by Gasteiger charge is -2.29. The quantitative estimate of drug-likeness (QED) is 0.644. The minimum Gasteiger partial charge on any atom is -0.374 e. The second-order valence-corrected chi connectivity index (χ2v) is 7.43. The number of halogens is 5. The molecular weight excluding hydrogens is 428 g/mol. The fourth-order valence-corrected chi connectivity index (χ4v) is 3.35. The summed E-state index contributed by atoms with van der Waals surface area (Å²) >= 11 is 11.4. The molecule has 0 saturated heterocycles. The van der Waals surface area contributed by atoms with Crippen LogP contribution in [0.1, 0.15) is 33.5 Å². The van der Waals surface area contributed by atoms with Crippen LogP contribution < -0.4 is 5.32 Å². The van der Waals surface area contributed by atoms with Crippen molar-refractivity contribution >= 4 is 34.8 Å². The van der Waals surface area contributed by atoms with Crippen molar-refractivity contribution in [1.82, 2.24) is 5.32 Å². The molecule has 0 radical (unpaired) electrons. The van der Waals surface area contributed by atoms with E-state index in [1.54, 1.807) is 25.1 Å². The molecule has 0 fully saturated rings. The van der Waals surface area contributed by atoms with E-state index in [0.29, 0.717) is 28.3 Å². The molecule has 0 bridgehead atoms. The lowest BCUT2D eigenvalue weighted by atomic mass is 9.86. The molecule has 2 aromatic carbocycles. The predicted molar refractivity (Wildman–Crippen MR) is 106 cm³/mol. The molecule has 1 aliphatic heterocycles. The van der Waals surface area contributed by atoms with Gasteiger partial charge in [0, 0.05) is 35.0 Å². The van der Waals surface area contributed by atoms with Crippen LogP contribution in [0.15, 0.2) is 47.6 Å². The maximum atomic E-state index is 14.0. The molecule has 0 aromatic heterocycles. The van der Waals surface area contributed by atoms with Crippen molar-refractivity contribution < 1.29 is 22.8 Å². The zero-order valence-electron chi connectivity index (χ0n) is 15.3. The van der Waals surface area contributed by atoms with Crippen LogP contribution in [0, 0.1) is 6.92 Å². The van der Waals surface area contributed by atoms with E-state index in [4.69, 9.17) is 28.0 Å². The smallest absolute Gasteiger partial charge is 0.374 e. The Kier molecular flexibility index (Phi) is 6.10. The average Bonchev–Trinajstić information content (AvgIpc) is 3.13. The van der Waals surface area contributed by atoms with E-state index in [1.807, 2.05) is 0 Å². The summed E-state index contributed by atoms with van der Waals surface area (Å²) in [7, 11) is 0. The first-order chi connectivity index (χ1) is 13.7. The molecule has 2 aromatic rings. The molecule has 29 heavy (non-hydrogen) atoms. The van der Waals surface area contributed by atoms with Crippen LogP contribution in [0.4, 0.5) is 13.2 Å². The molecule has 1 amide bonds. The Hall–Kier alpha value is -2.25. The molecule has 1 N–H and O–H groups in total. The maximum Gasteiger partial charge on any atom is 0.435 e. The summed E-state index contributed by atoms with van der Waals surface area (Å²) in [5.74, 6) is -0.0218. The minimum absolute atomic E-state index is 0.0815. The maximum absolute atomic E-state index is 14.0. The minimum atomic E-state index is -4.69. The van der Waals surface area contributed by atoms with Crippen LogP contribution >= 0.6 is 23.2 Å². The zero-order chi connectivity index (χ0) is 21.2.